The Morgan fingerprint density at radius 1 is 1.30 bits per heavy atom. The third kappa shape index (κ3) is 6.40. The SMILES string of the molecule is CCNC(=NCc1ccnc(Oc2ccc(F)cc2)c1)NCC1(CCO)CCOC1. The van der Waals surface area contributed by atoms with Crippen molar-refractivity contribution in [3.05, 3.63) is 54.0 Å². The molecule has 0 aliphatic carbocycles. The maximum Gasteiger partial charge on any atom is 0.219 e. The first kappa shape index (κ1) is 22.0. The van der Waals surface area contributed by atoms with Crippen LogP contribution < -0.4 is 15.4 Å². The number of hydrogen-bond acceptors (Lipinski definition) is 5. The van der Waals surface area contributed by atoms with Crippen LogP contribution in [0.15, 0.2) is 47.6 Å². The van der Waals surface area contributed by atoms with E-state index in [4.69, 9.17) is 9.47 Å². The van der Waals surface area contributed by atoms with E-state index < -0.39 is 0 Å². The van der Waals surface area contributed by atoms with Gasteiger partial charge in [-0.1, -0.05) is 0 Å². The molecule has 0 bridgehead atoms. The second-order valence-corrected chi connectivity index (χ2v) is 7.38. The Bertz CT molecular complexity index is 823. The van der Waals surface area contributed by atoms with E-state index in [0.717, 1.165) is 25.1 Å². The first-order valence-electron chi connectivity index (χ1n) is 10.2. The summed E-state index contributed by atoms with van der Waals surface area (Å²) in [5, 5.41) is 16.0. The standard InChI is InChI=1S/C22H29FN4O3/c1-2-24-21(27-15-22(8-11-28)9-12-29-16-22)26-14-17-7-10-25-20(13-17)30-19-5-3-18(23)4-6-19/h3-7,10,13,28H,2,8-9,11-12,14-16H2,1H3,(H2,24,26,27). The first-order valence-corrected chi connectivity index (χ1v) is 10.2. The fourth-order valence-electron chi connectivity index (χ4n) is 3.32. The van der Waals surface area contributed by atoms with Crippen LogP contribution in [0.4, 0.5) is 4.39 Å². The highest BCUT2D eigenvalue weighted by Gasteiger charge is 2.34. The van der Waals surface area contributed by atoms with E-state index in [0.29, 0.717) is 43.7 Å². The summed E-state index contributed by atoms with van der Waals surface area (Å²) in [6.07, 6.45) is 3.29. The van der Waals surface area contributed by atoms with Crippen LogP contribution in [0.3, 0.4) is 0 Å². The molecule has 1 aliphatic rings. The number of pyridine rings is 1. The number of nitrogens with one attached hydrogen (secondary N) is 2. The van der Waals surface area contributed by atoms with Crippen molar-refractivity contribution in [2.24, 2.45) is 10.4 Å². The van der Waals surface area contributed by atoms with Crippen molar-refractivity contribution in [3.63, 3.8) is 0 Å². The van der Waals surface area contributed by atoms with Crippen LogP contribution in [0.25, 0.3) is 0 Å². The predicted molar refractivity (Wildman–Crippen MR) is 113 cm³/mol. The van der Waals surface area contributed by atoms with Gasteiger partial charge < -0.3 is 25.2 Å². The van der Waals surface area contributed by atoms with E-state index >= 15 is 0 Å². The maximum absolute atomic E-state index is 13.0. The van der Waals surface area contributed by atoms with Crippen LogP contribution >= 0.6 is 0 Å². The van der Waals surface area contributed by atoms with Crippen molar-refractivity contribution < 1.29 is 19.0 Å². The molecule has 0 saturated carbocycles. The molecule has 1 unspecified atom stereocenters. The van der Waals surface area contributed by atoms with E-state index in [1.165, 1.54) is 12.1 Å². The van der Waals surface area contributed by atoms with Crippen molar-refractivity contribution in [1.82, 2.24) is 15.6 Å². The molecule has 2 aromatic rings. The summed E-state index contributed by atoms with van der Waals surface area (Å²) in [5.74, 6) is 1.34. The Kier molecular flexibility index (Phi) is 7.98. The molecule has 1 aromatic heterocycles. The summed E-state index contributed by atoms with van der Waals surface area (Å²) in [6.45, 7) is 5.41. The molecule has 1 fully saturated rings. The minimum absolute atomic E-state index is 0.0578. The van der Waals surface area contributed by atoms with Gasteiger partial charge >= 0.3 is 0 Å². The number of halogens is 1. The van der Waals surface area contributed by atoms with E-state index in [9.17, 15) is 9.50 Å². The smallest absolute Gasteiger partial charge is 0.219 e. The quantitative estimate of drug-likeness (QED) is 0.430. The molecule has 1 aliphatic heterocycles. The third-order valence-electron chi connectivity index (χ3n) is 5.06. The summed E-state index contributed by atoms with van der Waals surface area (Å²) < 4.78 is 24.3. The molecule has 7 nitrogen and oxygen atoms in total. The molecule has 3 rings (SSSR count). The highest BCUT2D eigenvalue weighted by atomic mass is 19.1. The van der Waals surface area contributed by atoms with Crippen LogP contribution in [0.5, 0.6) is 11.6 Å². The third-order valence-corrected chi connectivity index (χ3v) is 5.06. The van der Waals surface area contributed by atoms with Gasteiger partial charge in [-0.2, -0.15) is 0 Å². The largest absolute Gasteiger partial charge is 0.439 e. The van der Waals surface area contributed by atoms with E-state index in [-0.39, 0.29) is 17.8 Å². The van der Waals surface area contributed by atoms with Crippen molar-refractivity contribution in [2.45, 2.75) is 26.3 Å². The zero-order valence-corrected chi connectivity index (χ0v) is 17.2. The van der Waals surface area contributed by atoms with Crippen molar-refractivity contribution in [2.75, 3.05) is 32.9 Å². The fourth-order valence-corrected chi connectivity index (χ4v) is 3.32. The summed E-state index contributed by atoms with van der Waals surface area (Å²) in [6, 6.07) is 9.50. The van der Waals surface area contributed by atoms with Crippen molar-refractivity contribution >= 4 is 5.96 Å². The average molecular weight is 416 g/mol. The fraction of sp³-hybridized carbons (Fsp3) is 0.455. The van der Waals surface area contributed by atoms with Gasteiger partial charge in [-0.3, -0.25) is 0 Å². The van der Waals surface area contributed by atoms with Crippen LogP contribution in [-0.4, -0.2) is 49.0 Å². The van der Waals surface area contributed by atoms with E-state index in [1.807, 2.05) is 19.1 Å². The Balaban J connectivity index is 1.61. The van der Waals surface area contributed by atoms with Gasteiger partial charge in [0.25, 0.3) is 0 Å². The lowest BCUT2D eigenvalue weighted by Crippen LogP contribution is -2.44. The van der Waals surface area contributed by atoms with Gasteiger partial charge in [0.15, 0.2) is 5.96 Å². The van der Waals surface area contributed by atoms with Crippen molar-refractivity contribution in [3.8, 4) is 11.6 Å². The van der Waals surface area contributed by atoms with Crippen molar-refractivity contribution in [1.29, 1.82) is 0 Å². The summed E-state index contributed by atoms with van der Waals surface area (Å²) >= 11 is 0. The number of rotatable bonds is 9. The lowest BCUT2D eigenvalue weighted by Gasteiger charge is -2.27. The van der Waals surface area contributed by atoms with Crippen LogP contribution in [-0.2, 0) is 11.3 Å². The number of ether oxygens (including phenoxy) is 2. The summed E-state index contributed by atoms with van der Waals surface area (Å²) in [4.78, 5) is 8.86. The monoisotopic (exact) mass is 416 g/mol. The van der Waals surface area contributed by atoms with Gasteiger partial charge in [-0.15, -0.1) is 0 Å². The molecule has 2 heterocycles. The summed E-state index contributed by atoms with van der Waals surface area (Å²) in [5.41, 5.74) is 0.881. The molecular weight excluding hydrogens is 387 g/mol. The normalized spacial score (nSPS) is 19.0. The second-order valence-electron chi connectivity index (χ2n) is 7.38. The predicted octanol–water partition coefficient (Wildman–Crippen LogP) is 2.86. The lowest BCUT2D eigenvalue weighted by atomic mass is 9.84. The molecule has 1 atom stereocenters. The Labute approximate surface area is 176 Å². The van der Waals surface area contributed by atoms with Gasteiger partial charge in [0.1, 0.15) is 11.6 Å². The topological polar surface area (TPSA) is 88.0 Å². The van der Waals surface area contributed by atoms with Gasteiger partial charge in [-0.25, -0.2) is 14.4 Å². The molecule has 0 radical (unpaired) electrons. The van der Waals surface area contributed by atoms with Crippen LogP contribution in [0.2, 0.25) is 0 Å². The van der Waals surface area contributed by atoms with Crippen LogP contribution in [0, 0.1) is 11.2 Å². The molecule has 1 saturated heterocycles. The number of hydrogen-bond donors (Lipinski definition) is 3. The summed E-state index contributed by atoms with van der Waals surface area (Å²) in [7, 11) is 0. The molecule has 8 heteroatoms. The maximum atomic E-state index is 13.0. The highest BCUT2D eigenvalue weighted by molar-refractivity contribution is 5.79. The second kappa shape index (κ2) is 10.9. The number of aliphatic imine (C=N–C) groups is 1. The number of nitrogens with zero attached hydrogens (tertiary/aromatic N) is 2. The zero-order valence-electron chi connectivity index (χ0n) is 17.2. The molecular formula is C22H29FN4O3. The van der Waals surface area contributed by atoms with E-state index in [1.54, 1.807) is 18.3 Å². The van der Waals surface area contributed by atoms with Gasteiger partial charge in [0, 0.05) is 44.0 Å². The molecule has 3 N–H and O–H groups in total. The molecule has 0 amide bonds. The first-order chi connectivity index (χ1) is 14.6. The number of aliphatic hydroxyl groups excluding tert-OH is 1. The Morgan fingerprint density at radius 2 is 2.13 bits per heavy atom. The molecule has 30 heavy (non-hydrogen) atoms. The minimum atomic E-state index is -0.313. The number of aromatic nitrogens is 1. The minimum Gasteiger partial charge on any atom is -0.439 e. The Hall–Kier alpha value is -2.71. The Morgan fingerprint density at radius 3 is 2.83 bits per heavy atom. The number of benzene rings is 1. The van der Waals surface area contributed by atoms with E-state index in [2.05, 4.69) is 20.6 Å². The number of aliphatic hydroxyl groups is 1. The zero-order chi connectivity index (χ0) is 21.2. The average Bonchev–Trinajstić information content (AvgIpc) is 3.21. The van der Waals surface area contributed by atoms with Gasteiger partial charge in [0.05, 0.1) is 13.2 Å². The van der Waals surface area contributed by atoms with Gasteiger partial charge in [0.2, 0.25) is 5.88 Å². The van der Waals surface area contributed by atoms with Gasteiger partial charge in [-0.05, 0) is 55.7 Å². The molecule has 1 aromatic carbocycles. The molecule has 0 spiro atoms. The highest BCUT2D eigenvalue weighted by Crippen LogP contribution is 2.31. The molecule has 162 valence electrons. The lowest BCUT2D eigenvalue weighted by molar-refractivity contribution is 0.127. The van der Waals surface area contributed by atoms with Crippen LogP contribution in [0.1, 0.15) is 25.3 Å². The number of guanidine groups is 1.